The van der Waals surface area contributed by atoms with Gasteiger partial charge in [-0.1, -0.05) is 18.2 Å². The topological polar surface area (TPSA) is 125 Å². The number of carbonyl (C=O) groups is 4. The number of Topliss-reactive ketones (excluding diaryl/α,β-unsaturated/α-hetero) is 2. The Bertz CT molecular complexity index is 1050. The molecule has 2 aliphatic rings. The molecule has 0 saturated carbocycles. The Morgan fingerprint density at radius 3 is 2.57 bits per heavy atom. The number of nitrogens with one attached hydrogen (secondary N) is 1. The van der Waals surface area contributed by atoms with Crippen LogP contribution in [0.1, 0.15) is 33.6 Å². The van der Waals surface area contributed by atoms with E-state index in [0.717, 1.165) is 0 Å². The molecule has 8 nitrogen and oxygen atoms in total. The zero-order valence-electron chi connectivity index (χ0n) is 16.3. The van der Waals surface area contributed by atoms with E-state index in [9.17, 15) is 19.2 Å². The van der Waals surface area contributed by atoms with Gasteiger partial charge in [-0.2, -0.15) is 0 Å². The maximum atomic E-state index is 13.3. The summed E-state index contributed by atoms with van der Waals surface area (Å²) in [5, 5.41) is 3.53. The van der Waals surface area contributed by atoms with E-state index >= 15 is 0 Å². The van der Waals surface area contributed by atoms with E-state index in [-0.39, 0.29) is 31.1 Å². The van der Waals surface area contributed by atoms with Crippen LogP contribution in [0.2, 0.25) is 0 Å². The van der Waals surface area contributed by atoms with Crippen molar-refractivity contribution in [3.63, 3.8) is 0 Å². The molecule has 1 aliphatic carbocycles. The summed E-state index contributed by atoms with van der Waals surface area (Å²) in [5.74, 6) is -3.27. The monoisotopic (exact) mass is 410 g/mol. The number of imide groups is 1. The fraction of sp³-hybridized carbons (Fsp3) is 0.364. The Hall–Kier alpha value is -3.10. The van der Waals surface area contributed by atoms with Crippen molar-refractivity contribution in [1.82, 2.24) is 5.32 Å². The van der Waals surface area contributed by atoms with Crippen molar-refractivity contribution in [2.75, 3.05) is 26.4 Å². The van der Waals surface area contributed by atoms with Crippen molar-refractivity contribution in [3.05, 3.63) is 41.5 Å². The number of benzene rings is 2. The highest BCUT2D eigenvalue weighted by atomic mass is 16.5. The summed E-state index contributed by atoms with van der Waals surface area (Å²) in [4.78, 5) is 50.3. The number of carbonyl (C=O) groups excluding carboxylic acids is 4. The minimum atomic E-state index is -1.14. The Labute approximate surface area is 172 Å². The fourth-order valence-corrected chi connectivity index (χ4v) is 4.14. The highest BCUT2D eigenvalue weighted by Crippen LogP contribution is 2.39. The number of rotatable bonds is 7. The third-order valence-corrected chi connectivity index (χ3v) is 5.49. The zero-order chi connectivity index (χ0) is 21.3. The van der Waals surface area contributed by atoms with E-state index < -0.39 is 23.5 Å². The van der Waals surface area contributed by atoms with Crippen LogP contribution in [0.15, 0.2) is 30.3 Å². The van der Waals surface area contributed by atoms with Gasteiger partial charge in [0, 0.05) is 29.5 Å². The van der Waals surface area contributed by atoms with Crippen LogP contribution in [-0.4, -0.2) is 49.7 Å². The van der Waals surface area contributed by atoms with Crippen LogP contribution in [-0.2, 0) is 14.3 Å². The molecule has 2 unspecified atom stereocenters. The van der Waals surface area contributed by atoms with E-state index in [4.69, 9.17) is 15.2 Å². The molecule has 30 heavy (non-hydrogen) atoms. The lowest BCUT2D eigenvalue weighted by molar-refractivity contribution is -0.137. The number of piperidine rings is 1. The lowest BCUT2D eigenvalue weighted by Crippen LogP contribution is -2.48. The average Bonchev–Trinajstić information content (AvgIpc) is 2.73. The summed E-state index contributed by atoms with van der Waals surface area (Å²) in [7, 11) is 0. The predicted molar refractivity (Wildman–Crippen MR) is 107 cm³/mol. The van der Waals surface area contributed by atoms with Gasteiger partial charge in [0.25, 0.3) is 0 Å². The molecule has 2 atom stereocenters. The van der Waals surface area contributed by atoms with Crippen LogP contribution in [0.5, 0.6) is 5.75 Å². The summed E-state index contributed by atoms with van der Waals surface area (Å²) in [6.45, 7) is 1.50. The van der Waals surface area contributed by atoms with Crippen LogP contribution in [0.4, 0.5) is 0 Å². The summed E-state index contributed by atoms with van der Waals surface area (Å²) >= 11 is 0. The first kappa shape index (κ1) is 20.2. The number of ketones is 2. The van der Waals surface area contributed by atoms with Crippen LogP contribution in [0.25, 0.3) is 10.8 Å². The maximum Gasteiger partial charge on any atom is 0.230 e. The quantitative estimate of drug-likeness (QED) is 0.400. The van der Waals surface area contributed by atoms with Gasteiger partial charge in [-0.25, -0.2) is 0 Å². The molecular formula is C22H22N2O6. The molecule has 156 valence electrons. The average molecular weight is 410 g/mol. The third-order valence-electron chi connectivity index (χ3n) is 5.49. The normalized spacial score (nSPS) is 21.1. The van der Waals surface area contributed by atoms with Gasteiger partial charge in [-0.3, -0.25) is 24.5 Å². The highest BCUT2D eigenvalue weighted by Gasteiger charge is 2.45. The van der Waals surface area contributed by atoms with E-state index in [2.05, 4.69) is 5.32 Å². The Morgan fingerprint density at radius 1 is 1.00 bits per heavy atom. The van der Waals surface area contributed by atoms with Gasteiger partial charge < -0.3 is 15.2 Å². The number of nitrogens with two attached hydrogens (primary N) is 1. The molecule has 2 aromatic carbocycles. The zero-order valence-corrected chi connectivity index (χ0v) is 16.3. The minimum Gasteiger partial charge on any atom is -0.491 e. The Morgan fingerprint density at radius 2 is 1.80 bits per heavy atom. The molecule has 3 N–H and O–H groups in total. The first-order valence-corrected chi connectivity index (χ1v) is 9.90. The summed E-state index contributed by atoms with van der Waals surface area (Å²) < 4.78 is 11.0. The molecular weight excluding hydrogens is 388 g/mol. The van der Waals surface area contributed by atoms with Crippen molar-refractivity contribution in [3.8, 4) is 5.75 Å². The molecule has 0 spiro atoms. The molecule has 0 aromatic heterocycles. The van der Waals surface area contributed by atoms with Crippen LogP contribution < -0.4 is 15.8 Å². The molecule has 1 saturated heterocycles. The van der Waals surface area contributed by atoms with Gasteiger partial charge in [0.15, 0.2) is 11.6 Å². The second-order valence-corrected chi connectivity index (χ2v) is 7.39. The Balaban J connectivity index is 1.68. The van der Waals surface area contributed by atoms with Crippen molar-refractivity contribution in [2.45, 2.75) is 12.8 Å². The van der Waals surface area contributed by atoms with Gasteiger partial charge in [0.2, 0.25) is 11.8 Å². The number of hydrogen-bond acceptors (Lipinski definition) is 7. The number of ether oxygens (including phenoxy) is 2. The smallest absolute Gasteiger partial charge is 0.230 e. The molecule has 2 amide bonds. The van der Waals surface area contributed by atoms with Gasteiger partial charge in [-0.05, 0) is 23.9 Å². The van der Waals surface area contributed by atoms with Gasteiger partial charge in [0.05, 0.1) is 25.0 Å². The van der Waals surface area contributed by atoms with E-state index in [1.165, 1.54) is 0 Å². The molecule has 4 rings (SSSR count). The van der Waals surface area contributed by atoms with Crippen molar-refractivity contribution < 1.29 is 28.7 Å². The van der Waals surface area contributed by atoms with Crippen LogP contribution >= 0.6 is 0 Å². The van der Waals surface area contributed by atoms with E-state index in [1.54, 1.807) is 24.3 Å². The standard InChI is InChI=1S/C22H22N2O6/c23-6-7-29-8-9-30-13-10-12-2-1-3-14-18(12)16(11-13)21(27)19(20(14)26)15-4-5-17(25)24-22(15)28/h1-3,10-11,15,19H,4-9,23H2,(H,24,25,28). The summed E-state index contributed by atoms with van der Waals surface area (Å²) in [6, 6.07) is 8.61. The maximum absolute atomic E-state index is 13.3. The largest absolute Gasteiger partial charge is 0.491 e. The van der Waals surface area contributed by atoms with Crippen molar-refractivity contribution in [2.24, 2.45) is 17.6 Å². The van der Waals surface area contributed by atoms with Gasteiger partial charge in [-0.15, -0.1) is 0 Å². The predicted octanol–water partition coefficient (Wildman–Crippen LogP) is 1.24. The van der Waals surface area contributed by atoms with Gasteiger partial charge >= 0.3 is 0 Å². The summed E-state index contributed by atoms with van der Waals surface area (Å²) in [5.41, 5.74) is 6.15. The lowest BCUT2D eigenvalue weighted by Gasteiger charge is -2.30. The van der Waals surface area contributed by atoms with Crippen molar-refractivity contribution in [1.29, 1.82) is 0 Å². The number of hydrogen-bond donors (Lipinski definition) is 2. The third kappa shape index (κ3) is 3.59. The SMILES string of the molecule is NCCOCCOc1cc2c3c(cccc3c1)C(=O)C(C1CCC(=O)NC1=O)C2=O. The second-order valence-electron chi connectivity index (χ2n) is 7.39. The molecule has 0 radical (unpaired) electrons. The molecule has 8 heteroatoms. The van der Waals surface area contributed by atoms with E-state index in [0.29, 0.717) is 47.4 Å². The van der Waals surface area contributed by atoms with Gasteiger partial charge in [0.1, 0.15) is 12.4 Å². The lowest BCUT2D eigenvalue weighted by atomic mass is 9.71. The molecule has 0 bridgehead atoms. The fourth-order valence-electron chi connectivity index (χ4n) is 4.14. The Kier molecular flexibility index (Phi) is 5.61. The molecule has 1 fully saturated rings. The highest BCUT2D eigenvalue weighted by molar-refractivity contribution is 6.30. The summed E-state index contributed by atoms with van der Waals surface area (Å²) in [6.07, 6.45) is 0.281. The van der Waals surface area contributed by atoms with Crippen molar-refractivity contribution >= 4 is 34.2 Å². The van der Waals surface area contributed by atoms with E-state index in [1.807, 2.05) is 6.07 Å². The first-order valence-electron chi connectivity index (χ1n) is 9.90. The van der Waals surface area contributed by atoms with Crippen LogP contribution in [0, 0.1) is 11.8 Å². The molecule has 2 aromatic rings. The minimum absolute atomic E-state index is 0.108. The van der Waals surface area contributed by atoms with Crippen LogP contribution in [0.3, 0.4) is 0 Å². The molecule has 1 aliphatic heterocycles. The molecule has 1 heterocycles. The second kappa shape index (κ2) is 8.33. The first-order chi connectivity index (χ1) is 14.5. The number of amides is 2.